The monoisotopic (exact) mass is 587 g/mol. The molecule has 40 heavy (non-hydrogen) atoms. The summed E-state index contributed by atoms with van der Waals surface area (Å²) in [5, 5.41) is 3.30. The third-order valence-electron chi connectivity index (χ3n) is 6.20. The third kappa shape index (κ3) is 8.12. The quantitative estimate of drug-likeness (QED) is 0.325. The minimum Gasteiger partial charge on any atom is -0.497 e. The second-order valence-corrected chi connectivity index (χ2v) is 11.4. The van der Waals surface area contributed by atoms with Crippen molar-refractivity contribution in [2.24, 2.45) is 0 Å². The van der Waals surface area contributed by atoms with E-state index in [0.29, 0.717) is 22.9 Å². The second-order valence-electron chi connectivity index (χ2n) is 9.06. The van der Waals surface area contributed by atoms with E-state index in [9.17, 15) is 18.0 Å². The maximum atomic E-state index is 14.1. The van der Waals surface area contributed by atoms with Gasteiger partial charge >= 0.3 is 0 Å². The normalized spacial score (nSPS) is 11.8. The van der Waals surface area contributed by atoms with Gasteiger partial charge in [0.1, 0.15) is 24.1 Å². The van der Waals surface area contributed by atoms with Gasteiger partial charge in [0.05, 0.1) is 26.2 Å². The van der Waals surface area contributed by atoms with Crippen molar-refractivity contribution in [1.29, 1.82) is 0 Å². The van der Waals surface area contributed by atoms with Gasteiger partial charge in [0, 0.05) is 30.6 Å². The smallest absolute Gasteiger partial charge is 0.244 e. The summed E-state index contributed by atoms with van der Waals surface area (Å²) >= 11 is 6.22. The Morgan fingerprint density at radius 1 is 0.950 bits per heavy atom. The van der Waals surface area contributed by atoms with Crippen molar-refractivity contribution in [2.45, 2.75) is 25.9 Å². The highest BCUT2D eigenvalue weighted by molar-refractivity contribution is 7.92. The second kappa shape index (κ2) is 14.0. The molecule has 3 aromatic rings. The van der Waals surface area contributed by atoms with E-state index < -0.39 is 28.5 Å². The first-order valence-corrected chi connectivity index (χ1v) is 14.8. The zero-order chi connectivity index (χ0) is 29.3. The van der Waals surface area contributed by atoms with Crippen LogP contribution in [0.5, 0.6) is 11.5 Å². The Labute approximate surface area is 240 Å². The number of carbonyl (C=O) groups is 2. The number of sulfonamides is 1. The molecular weight excluding hydrogens is 554 g/mol. The van der Waals surface area contributed by atoms with Crippen LogP contribution in [-0.4, -0.2) is 64.7 Å². The van der Waals surface area contributed by atoms with E-state index in [-0.39, 0.29) is 30.3 Å². The van der Waals surface area contributed by atoms with Gasteiger partial charge in [-0.05, 0) is 42.3 Å². The van der Waals surface area contributed by atoms with Gasteiger partial charge in [-0.25, -0.2) is 8.42 Å². The Hall–Kier alpha value is -3.76. The Morgan fingerprint density at radius 3 is 2.25 bits per heavy atom. The fourth-order valence-corrected chi connectivity index (χ4v) is 5.33. The Bertz CT molecular complexity index is 1420. The van der Waals surface area contributed by atoms with Crippen molar-refractivity contribution >= 4 is 39.1 Å². The average Bonchev–Trinajstić information content (AvgIpc) is 2.93. The third-order valence-corrected chi connectivity index (χ3v) is 7.56. The van der Waals surface area contributed by atoms with Crippen LogP contribution < -0.4 is 19.1 Å². The predicted molar refractivity (Wildman–Crippen MR) is 156 cm³/mol. The highest BCUT2D eigenvalue weighted by atomic mass is 35.5. The van der Waals surface area contributed by atoms with Gasteiger partial charge in [-0.2, -0.15) is 0 Å². The molecule has 0 unspecified atom stereocenters. The molecule has 0 spiro atoms. The number of hydrogen-bond donors (Lipinski definition) is 1. The lowest BCUT2D eigenvalue weighted by atomic mass is 10.0. The van der Waals surface area contributed by atoms with E-state index >= 15 is 0 Å². The molecule has 0 heterocycles. The van der Waals surface area contributed by atoms with Gasteiger partial charge in [0.15, 0.2) is 0 Å². The van der Waals surface area contributed by atoms with E-state index in [1.807, 2.05) is 30.3 Å². The molecule has 1 N–H and O–H groups in total. The molecule has 1 atom stereocenters. The van der Waals surface area contributed by atoms with Gasteiger partial charge < -0.3 is 19.7 Å². The Kier molecular flexibility index (Phi) is 10.8. The number of hydrogen-bond acceptors (Lipinski definition) is 6. The molecule has 3 aromatic carbocycles. The maximum Gasteiger partial charge on any atom is 0.244 e. The highest BCUT2D eigenvalue weighted by Crippen LogP contribution is 2.34. The Morgan fingerprint density at radius 2 is 1.65 bits per heavy atom. The van der Waals surface area contributed by atoms with Gasteiger partial charge in [0.25, 0.3) is 0 Å². The summed E-state index contributed by atoms with van der Waals surface area (Å²) in [7, 11) is -1.07. The number of methoxy groups -OCH3 is 2. The molecule has 3 rings (SSSR count). The fourth-order valence-electron chi connectivity index (χ4n) is 4.26. The van der Waals surface area contributed by atoms with Crippen LogP contribution in [0.25, 0.3) is 0 Å². The molecule has 0 bridgehead atoms. The molecule has 0 radical (unpaired) electrons. The minimum atomic E-state index is -3.95. The topological polar surface area (TPSA) is 105 Å². The number of anilines is 1. The van der Waals surface area contributed by atoms with E-state index in [2.05, 4.69) is 5.32 Å². The lowest BCUT2D eigenvalue weighted by Gasteiger charge is -2.33. The molecule has 0 aliphatic rings. The van der Waals surface area contributed by atoms with Crippen molar-refractivity contribution in [1.82, 2.24) is 10.2 Å². The fraction of sp³-hybridized carbons (Fsp3) is 0.310. The van der Waals surface area contributed by atoms with Crippen molar-refractivity contribution in [3.05, 3.63) is 88.9 Å². The summed E-state index contributed by atoms with van der Waals surface area (Å²) in [5.41, 5.74) is 1.70. The molecule has 0 saturated heterocycles. The Balaban J connectivity index is 2.08. The molecule has 0 aromatic heterocycles. The lowest BCUT2D eigenvalue weighted by molar-refractivity contribution is -0.140. The van der Waals surface area contributed by atoms with E-state index in [1.54, 1.807) is 37.3 Å². The number of amides is 2. The molecule has 0 aliphatic carbocycles. The number of nitrogens with one attached hydrogen (secondary N) is 1. The van der Waals surface area contributed by atoms with E-state index in [1.165, 1.54) is 31.3 Å². The average molecular weight is 588 g/mol. The predicted octanol–water partition coefficient (Wildman–Crippen LogP) is 3.90. The van der Waals surface area contributed by atoms with Gasteiger partial charge in [-0.15, -0.1) is 0 Å². The van der Waals surface area contributed by atoms with Crippen LogP contribution in [0.3, 0.4) is 0 Å². The number of rotatable bonds is 13. The number of ether oxygens (including phenoxy) is 2. The summed E-state index contributed by atoms with van der Waals surface area (Å²) in [6.07, 6.45) is 1.24. The number of benzene rings is 3. The maximum absolute atomic E-state index is 14.1. The van der Waals surface area contributed by atoms with Gasteiger partial charge in [-0.3, -0.25) is 13.9 Å². The van der Waals surface area contributed by atoms with Crippen LogP contribution in [0.15, 0.2) is 72.8 Å². The molecule has 11 heteroatoms. The summed E-state index contributed by atoms with van der Waals surface area (Å²) in [4.78, 5) is 28.8. The minimum absolute atomic E-state index is 0.0331. The molecule has 0 fully saturated rings. The highest BCUT2D eigenvalue weighted by Gasteiger charge is 2.33. The standard InChI is InChI=1S/C29H34ClN3O6S/c1-5-31-29(35)26(17-21-10-7-6-8-11-21)32(19-22-12-9-13-23(30)16-22)28(34)20-33(40(4,36)37)25-15-14-24(38-2)18-27(25)39-3/h6-16,18,26H,5,17,19-20H2,1-4H3,(H,31,35)/t26-/m0/s1. The van der Waals surface area contributed by atoms with Crippen LogP contribution >= 0.6 is 11.6 Å². The SMILES string of the molecule is CCNC(=O)[C@H](Cc1ccccc1)N(Cc1cccc(Cl)c1)C(=O)CN(c1ccc(OC)cc1OC)S(C)(=O)=O. The van der Waals surface area contributed by atoms with Crippen molar-refractivity contribution in [3.8, 4) is 11.5 Å². The number of likely N-dealkylation sites (N-methyl/N-ethyl adjacent to an activating group) is 1. The van der Waals surface area contributed by atoms with Gasteiger partial charge in [-0.1, -0.05) is 54.1 Å². The molecule has 9 nitrogen and oxygen atoms in total. The lowest BCUT2D eigenvalue weighted by Crippen LogP contribution is -2.53. The van der Waals surface area contributed by atoms with Crippen molar-refractivity contribution in [2.75, 3.05) is 37.9 Å². The first-order chi connectivity index (χ1) is 19.1. The number of carbonyl (C=O) groups excluding carboxylic acids is 2. The summed E-state index contributed by atoms with van der Waals surface area (Å²) in [5.74, 6) is -0.254. The summed E-state index contributed by atoms with van der Waals surface area (Å²) < 4.78 is 37.6. The van der Waals surface area contributed by atoms with E-state index in [4.69, 9.17) is 21.1 Å². The molecule has 0 aliphatic heterocycles. The molecular formula is C29H34ClN3O6S. The number of nitrogens with zero attached hydrogens (tertiary/aromatic N) is 2. The van der Waals surface area contributed by atoms with Crippen LogP contribution in [0, 0.1) is 0 Å². The largest absolute Gasteiger partial charge is 0.497 e. The van der Waals surface area contributed by atoms with Crippen LogP contribution in [0.2, 0.25) is 5.02 Å². The number of halogens is 1. The summed E-state index contributed by atoms with van der Waals surface area (Å²) in [6, 6.07) is 20.0. The van der Waals surface area contributed by atoms with Crippen molar-refractivity contribution in [3.63, 3.8) is 0 Å². The summed E-state index contributed by atoms with van der Waals surface area (Å²) in [6.45, 7) is 1.63. The zero-order valence-corrected chi connectivity index (χ0v) is 24.5. The zero-order valence-electron chi connectivity index (χ0n) is 23.0. The molecule has 0 saturated carbocycles. The van der Waals surface area contributed by atoms with E-state index in [0.717, 1.165) is 16.1 Å². The molecule has 214 valence electrons. The first kappa shape index (κ1) is 30.8. The molecule has 2 amide bonds. The van der Waals surface area contributed by atoms with Gasteiger partial charge in [0.2, 0.25) is 21.8 Å². The van der Waals surface area contributed by atoms with Crippen LogP contribution in [0.1, 0.15) is 18.1 Å². The van der Waals surface area contributed by atoms with Crippen LogP contribution in [0.4, 0.5) is 5.69 Å². The first-order valence-electron chi connectivity index (χ1n) is 12.6. The van der Waals surface area contributed by atoms with Crippen LogP contribution in [-0.2, 0) is 32.6 Å². The van der Waals surface area contributed by atoms with Crippen molar-refractivity contribution < 1.29 is 27.5 Å².